The third-order valence-electron chi connectivity index (χ3n) is 2.61. The van der Waals surface area contributed by atoms with Crippen LogP contribution >= 0.6 is 0 Å². The summed E-state index contributed by atoms with van der Waals surface area (Å²) >= 11 is 0. The fourth-order valence-corrected chi connectivity index (χ4v) is 1.59. The molecule has 2 aromatic rings. The van der Waals surface area contributed by atoms with Crippen molar-refractivity contribution in [2.24, 2.45) is 5.73 Å². The van der Waals surface area contributed by atoms with E-state index in [1.807, 2.05) is 31.2 Å². The van der Waals surface area contributed by atoms with Crippen LogP contribution in [0.4, 0.5) is 0 Å². The van der Waals surface area contributed by atoms with E-state index in [-0.39, 0.29) is 6.04 Å². The van der Waals surface area contributed by atoms with Gasteiger partial charge in [0.2, 0.25) is 0 Å². The van der Waals surface area contributed by atoms with Gasteiger partial charge in [0.25, 0.3) is 0 Å². The molecule has 1 aromatic carbocycles. The van der Waals surface area contributed by atoms with Gasteiger partial charge in [-0.1, -0.05) is 19.1 Å². The zero-order valence-corrected chi connectivity index (χ0v) is 9.97. The van der Waals surface area contributed by atoms with Crippen molar-refractivity contribution in [3.8, 4) is 5.75 Å². The number of benzene rings is 1. The van der Waals surface area contributed by atoms with E-state index in [0.29, 0.717) is 5.82 Å². The predicted molar refractivity (Wildman–Crippen MR) is 64.8 cm³/mol. The maximum Gasteiger partial charge on any atom is 0.171 e. The van der Waals surface area contributed by atoms with Crippen LogP contribution in [0.15, 0.2) is 24.3 Å². The minimum atomic E-state index is -0.332. The highest BCUT2D eigenvalue weighted by Gasteiger charge is 2.14. The van der Waals surface area contributed by atoms with Crippen molar-refractivity contribution >= 4 is 0 Å². The summed E-state index contributed by atoms with van der Waals surface area (Å²) in [5.41, 5.74) is 7.04. The Kier molecular flexibility index (Phi) is 3.39. The first-order chi connectivity index (χ1) is 8.24. The molecule has 0 aliphatic rings. The van der Waals surface area contributed by atoms with Crippen molar-refractivity contribution in [1.82, 2.24) is 15.2 Å². The van der Waals surface area contributed by atoms with E-state index in [1.165, 1.54) is 0 Å². The van der Waals surface area contributed by atoms with E-state index in [9.17, 15) is 0 Å². The lowest BCUT2D eigenvalue weighted by Crippen LogP contribution is -2.13. The van der Waals surface area contributed by atoms with Crippen molar-refractivity contribution < 1.29 is 4.74 Å². The average molecular weight is 232 g/mol. The molecule has 0 bridgehead atoms. The monoisotopic (exact) mass is 232 g/mol. The summed E-state index contributed by atoms with van der Waals surface area (Å²) in [5.74, 6) is 2.23. The number of nitrogens with two attached hydrogens (primary N) is 1. The smallest absolute Gasteiger partial charge is 0.171 e. The number of aromatic nitrogens is 3. The summed E-state index contributed by atoms with van der Waals surface area (Å²) in [4.78, 5) is 4.33. The van der Waals surface area contributed by atoms with Crippen molar-refractivity contribution in [1.29, 1.82) is 0 Å². The second-order valence-corrected chi connectivity index (χ2v) is 3.75. The first-order valence-corrected chi connectivity index (χ1v) is 5.55. The molecule has 0 fully saturated rings. The standard InChI is InChI=1S/C12H16N4O/c1-3-10-14-12(16-15-10)11(13)8-5-4-6-9(7-8)17-2/h4-7,11H,3,13H2,1-2H3,(H,14,15,16)/t11-/m0/s1. The first-order valence-electron chi connectivity index (χ1n) is 5.55. The summed E-state index contributed by atoms with van der Waals surface area (Å²) in [7, 11) is 1.63. The summed E-state index contributed by atoms with van der Waals surface area (Å²) < 4.78 is 5.16. The Labute approximate surface area is 100 Å². The molecule has 0 amide bonds. The fraction of sp³-hybridized carbons (Fsp3) is 0.333. The van der Waals surface area contributed by atoms with Crippen LogP contribution in [0.5, 0.6) is 5.75 Å². The largest absolute Gasteiger partial charge is 0.497 e. The number of aromatic amines is 1. The van der Waals surface area contributed by atoms with Crippen LogP contribution in [0.1, 0.15) is 30.2 Å². The zero-order valence-electron chi connectivity index (χ0n) is 9.97. The highest BCUT2D eigenvalue weighted by atomic mass is 16.5. The number of ether oxygens (including phenoxy) is 1. The Morgan fingerprint density at radius 1 is 1.47 bits per heavy atom. The Balaban J connectivity index is 2.26. The highest BCUT2D eigenvalue weighted by molar-refractivity contribution is 5.32. The molecule has 1 aromatic heterocycles. The van der Waals surface area contributed by atoms with Gasteiger partial charge in [0, 0.05) is 6.42 Å². The van der Waals surface area contributed by atoms with Gasteiger partial charge in [-0.25, -0.2) is 4.98 Å². The zero-order chi connectivity index (χ0) is 12.3. The van der Waals surface area contributed by atoms with Gasteiger partial charge in [-0.2, -0.15) is 5.10 Å². The lowest BCUT2D eigenvalue weighted by molar-refractivity contribution is 0.414. The molecular formula is C12H16N4O. The van der Waals surface area contributed by atoms with Gasteiger partial charge < -0.3 is 10.5 Å². The second-order valence-electron chi connectivity index (χ2n) is 3.75. The van der Waals surface area contributed by atoms with Crippen LogP contribution in [0.2, 0.25) is 0 Å². The Morgan fingerprint density at radius 3 is 2.94 bits per heavy atom. The maximum absolute atomic E-state index is 6.11. The summed E-state index contributed by atoms with van der Waals surface area (Å²) in [5, 5.41) is 6.98. The third-order valence-corrected chi connectivity index (χ3v) is 2.61. The summed E-state index contributed by atoms with van der Waals surface area (Å²) in [6, 6.07) is 7.29. The molecule has 0 saturated heterocycles. The number of hydrogen-bond acceptors (Lipinski definition) is 4. The normalized spacial score (nSPS) is 12.4. The third kappa shape index (κ3) is 2.45. The van der Waals surface area contributed by atoms with Gasteiger partial charge in [0.05, 0.1) is 13.2 Å². The lowest BCUT2D eigenvalue weighted by atomic mass is 10.1. The molecule has 0 radical (unpaired) electrons. The summed E-state index contributed by atoms with van der Waals surface area (Å²) in [6.07, 6.45) is 0.817. The summed E-state index contributed by atoms with van der Waals surface area (Å²) in [6.45, 7) is 2.02. The van der Waals surface area contributed by atoms with Crippen molar-refractivity contribution in [2.45, 2.75) is 19.4 Å². The maximum atomic E-state index is 6.11. The molecule has 90 valence electrons. The second kappa shape index (κ2) is 4.97. The molecular weight excluding hydrogens is 216 g/mol. The van der Waals surface area contributed by atoms with Gasteiger partial charge in [-0.15, -0.1) is 0 Å². The van der Waals surface area contributed by atoms with Crippen molar-refractivity contribution in [3.63, 3.8) is 0 Å². The fourth-order valence-electron chi connectivity index (χ4n) is 1.59. The van der Waals surface area contributed by atoms with Gasteiger partial charge in [-0.3, -0.25) is 5.10 Å². The molecule has 0 saturated carbocycles. The Morgan fingerprint density at radius 2 is 2.29 bits per heavy atom. The number of rotatable bonds is 4. The topological polar surface area (TPSA) is 76.8 Å². The average Bonchev–Trinajstić information content (AvgIpc) is 2.86. The lowest BCUT2D eigenvalue weighted by Gasteiger charge is -2.09. The minimum absolute atomic E-state index is 0.332. The van der Waals surface area contributed by atoms with Crippen LogP contribution in [-0.2, 0) is 6.42 Å². The molecule has 0 aliphatic heterocycles. The predicted octanol–water partition coefficient (Wildman–Crippen LogP) is 1.42. The van der Waals surface area contributed by atoms with Crippen molar-refractivity contribution in [3.05, 3.63) is 41.5 Å². The van der Waals surface area contributed by atoms with Gasteiger partial charge >= 0.3 is 0 Å². The van der Waals surface area contributed by atoms with E-state index >= 15 is 0 Å². The van der Waals surface area contributed by atoms with Crippen LogP contribution in [0.3, 0.4) is 0 Å². The molecule has 0 aliphatic carbocycles. The SMILES string of the molecule is CCc1nc([C@@H](N)c2cccc(OC)c2)n[nH]1. The van der Waals surface area contributed by atoms with E-state index < -0.39 is 0 Å². The molecule has 3 N–H and O–H groups in total. The molecule has 0 unspecified atom stereocenters. The molecule has 2 rings (SSSR count). The Bertz CT molecular complexity index is 495. The number of aryl methyl sites for hydroxylation is 1. The number of nitrogens with one attached hydrogen (secondary N) is 1. The van der Waals surface area contributed by atoms with Gasteiger partial charge in [-0.05, 0) is 17.7 Å². The van der Waals surface area contributed by atoms with Crippen LogP contribution in [0, 0.1) is 0 Å². The molecule has 5 heteroatoms. The Hall–Kier alpha value is -1.88. The van der Waals surface area contributed by atoms with E-state index in [1.54, 1.807) is 7.11 Å². The molecule has 1 atom stereocenters. The molecule has 5 nitrogen and oxygen atoms in total. The number of H-pyrrole nitrogens is 1. The minimum Gasteiger partial charge on any atom is -0.497 e. The molecule has 0 spiro atoms. The van der Waals surface area contributed by atoms with E-state index in [0.717, 1.165) is 23.6 Å². The number of hydrogen-bond donors (Lipinski definition) is 2. The molecule has 17 heavy (non-hydrogen) atoms. The van der Waals surface area contributed by atoms with Crippen LogP contribution in [0.25, 0.3) is 0 Å². The van der Waals surface area contributed by atoms with Gasteiger partial charge in [0.1, 0.15) is 11.6 Å². The first kappa shape index (κ1) is 11.6. The van der Waals surface area contributed by atoms with E-state index in [2.05, 4.69) is 15.2 Å². The van der Waals surface area contributed by atoms with E-state index in [4.69, 9.17) is 10.5 Å². The van der Waals surface area contributed by atoms with Crippen LogP contribution < -0.4 is 10.5 Å². The van der Waals surface area contributed by atoms with Crippen LogP contribution in [-0.4, -0.2) is 22.3 Å². The highest BCUT2D eigenvalue weighted by Crippen LogP contribution is 2.20. The van der Waals surface area contributed by atoms with Crippen molar-refractivity contribution in [2.75, 3.05) is 7.11 Å². The number of nitrogens with zero attached hydrogens (tertiary/aromatic N) is 2. The quantitative estimate of drug-likeness (QED) is 0.835. The molecule has 1 heterocycles. The number of methoxy groups -OCH3 is 1. The van der Waals surface area contributed by atoms with Gasteiger partial charge in [0.15, 0.2) is 5.82 Å².